The van der Waals surface area contributed by atoms with E-state index >= 15 is 0 Å². The molecular weight excluding hydrogens is 359 g/mol. The lowest BCUT2D eigenvalue weighted by atomic mass is 9.92. The molecule has 1 aliphatic rings. The van der Waals surface area contributed by atoms with E-state index in [1.54, 1.807) is 24.3 Å². The number of benzene rings is 1. The summed E-state index contributed by atoms with van der Waals surface area (Å²) in [6, 6.07) is 9.24. The number of ether oxygens (including phenoxy) is 1. The van der Waals surface area contributed by atoms with E-state index < -0.39 is 0 Å². The second kappa shape index (κ2) is 8.78. The molecule has 3 rings (SSSR count). The molecule has 1 aromatic heterocycles. The van der Waals surface area contributed by atoms with Crippen LogP contribution in [0.5, 0.6) is 5.75 Å². The lowest BCUT2D eigenvalue weighted by molar-refractivity contribution is 0.0589. The molecule has 152 valence electrons. The van der Waals surface area contributed by atoms with Crippen LogP contribution in [0.2, 0.25) is 0 Å². The van der Waals surface area contributed by atoms with Crippen LogP contribution in [-0.2, 0) is 6.61 Å². The van der Waals surface area contributed by atoms with Gasteiger partial charge < -0.3 is 14.1 Å². The van der Waals surface area contributed by atoms with Crippen molar-refractivity contribution in [1.82, 2.24) is 9.80 Å². The Kier molecular flexibility index (Phi) is 6.39. The molecule has 28 heavy (non-hydrogen) atoms. The molecule has 1 amide bonds. The second-order valence-corrected chi connectivity index (χ2v) is 8.45. The summed E-state index contributed by atoms with van der Waals surface area (Å²) in [5, 5.41) is 0. The number of carbonyl (C=O) groups is 1. The van der Waals surface area contributed by atoms with Crippen molar-refractivity contribution in [2.75, 3.05) is 32.7 Å². The third-order valence-corrected chi connectivity index (χ3v) is 4.90. The Morgan fingerprint density at radius 1 is 1.07 bits per heavy atom. The molecule has 0 atom stereocenters. The molecular formula is C22H29FN2O3. The second-order valence-electron chi connectivity index (χ2n) is 8.45. The molecule has 1 saturated heterocycles. The van der Waals surface area contributed by atoms with Crippen molar-refractivity contribution in [2.45, 2.75) is 33.8 Å². The number of halogens is 1. The molecule has 0 aliphatic carbocycles. The zero-order valence-electron chi connectivity index (χ0n) is 16.9. The average Bonchev–Trinajstić information content (AvgIpc) is 3.14. The van der Waals surface area contributed by atoms with Gasteiger partial charge in [-0.1, -0.05) is 20.8 Å². The van der Waals surface area contributed by atoms with Crippen molar-refractivity contribution in [3.8, 4) is 5.75 Å². The predicted octanol–water partition coefficient (Wildman–Crippen LogP) is 4.19. The molecule has 0 saturated carbocycles. The van der Waals surface area contributed by atoms with Crippen molar-refractivity contribution in [3.05, 3.63) is 53.7 Å². The summed E-state index contributed by atoms with van der Waals surface area (Å²) in [4.78, 5) is 16.9. The smallest absolute Gasteiger partial charge is 0.289 e. The van der Waals surface area contributed by atoms with Gasteiger partial charge in [0.1, 0.15) is 23.9 Å². The van der Waals surface area contributed by atoms with Gasteiger partial charge in [-0.15, -0.1) is 0 Å². The molecule has 2 heterocycles. The molecule has 2 aromatic rings. The first-order chi connectivity index (χ1) is 13.3. The van der Waals surface area contributed by atoms with Gasteiger partial charge in [-0.2, -0.15) is 0 Å². The van der Waals surface area contributed by atoms with Gasteiger partial charge in [0.15, 0.2) is 5.76 Å². The largest absolute Gasteiger partial charge is 0.486 e. The van der Waals surface area contributed by atoms with Gasteiger partial charge in [-0.05, 0) is 54.8 Å². The fourth-order valence-corrected chi connectivity index (χ4v) is 3.08. The molecule has 0 spiro atoms. The zero-order chi connectivity index (χ0) is 20.1. The fraction of sp³-hybridized carbons (Fsp3) is 0.500. The van der Waals surface area contributed by atoms with E-state index in [0.29, 0.717) is 35.8 Å². The van der Waals surface area contributed by atoms with Crippen LogP contribution < -0.4 is 4.74 Å². The summed E-state index contributed by atoms with van der Waals surface area (Å²) >= 11 is 0. The van der Waals surface area contributed by atoms with Crippen molar-refractivity contribution < 1.29 is 18.3 Å². The molecule has 1 fully saturated rings. The fourth-order valence-electron chi connectivity index (χ4n) is 3.08. The normalized spacial score (nSPS) is 15.6. The molecule has 5 nitrogen and oxygen atoms in total. The van der Waals surface area contributed by atoms with Gasteiger partial charge in [-0.3, -0.25) is 9.69 Å². The SMILES string of the molecule is CC(C)(C)CCN1CCN(C(=O)c2ccc(COc3ccc(F)cc3)o2)CC1. The van der Waals surface area contributed by atoms with Crippen molar-refractivity contribution in [3.63, 3.8) is 0 Å². The van der Waals surface area contributed by atoms with Crippen LogP contribution in [0.1, 0.15) is 43.5 Å². The highest BCUT2D eigenvalue weighted by Gasteiger charge is 2.25. The van der Waals surface area contributed by atoms with Gasteiger partial charge in [0.25, 0.3) is 5.91 Å². The van der Waals surface area contributed by atoms with Crippen LogP contribution in [-0.4, -0.2) is 48.4 Å². The minimum Gasteiger partial charge on any atom is -0.486 e. The Hall–Kier alpha value is -2.34. The standard InChI is InChI=1S/C22H29FN2O3/c1-22(2,3)10-11-24-12-14-25(15-13-24)21(26)20-9-8-19(28-20)16-27-18-6-4-17(23)5-7-18/h4-9H,10-16H2,1-3H3. The summed E-state index contributed by atoms with van der Waals surface area (Å²) < 4.78 is 24.1. The highest BCUT2D eigenvalue weighted by atomic mass is 19.1. The Labute approximate surface area is 166 Å². The highest BCUT2D eigenvalue weighted by Crippen LogP contribution is 2.20. The van der Waals surface area contributed by atoms with E-state index in [9.17, 15) is 9.18 Å². The first-order valence-corrected chi connectivity index (χ1v) is 9.79. The van der Waals surface area contributed by atoms with Crippen LogP contribution in [0.15, 0.2) is 40.8 Å². The molecule has 0 radical (unpaired) electrons. The third-order valence-electron chi connectivity index (χ3n) is 4.90. The molecule has 0 bridgehead atoms. The lowest BCUT2D eigenvalue weighted by Crippen LogP contribution is -2.49. The summed E-state index contributed by atoms with van der Waals surface area (Å²) in [6.45, 7) is 11.2. The number of nitrogens with zero attached hydrogens (tertiary/aromatic N) is 2. The number of hydrogen-bond donors (Lipinski definition) is 0. The first-order valence-electron chi connectivity index (χ1n) is 9.79. The number of carbonyl (C=O) groups excluding carboxylic acids is 1. The maximum Gasteiger partial charge on any atom is 0.289 e. The topological polar surface area (TPSA) is 45.9 Å². The monoisotopic (exact) mass is 388 g/mol. The van der Waals surface area contributed by atoms with Gasteiger partial charge in [-0.25, -0.2) is 4.39 Å². The van der Waals surface area contributed by atoms with E-state index in [1.807, 2.05) is 4.90 Å². The Morgan fingerprint density at radius 3 is 2.39 bits per heavy atom. The maximum absolute atomic E-state index is 12.9. The highest BCUT2D eigenvalue weighted by molar-refractivity contribution is 5.91. The number of piperazine rings is 1. The van der Waals surface area contributed by atoms with Gasteiger partial charge in [0.2, 0.25) is 0 Å². The minimum absolute atomic E-state index is 0.0801. The molecule has 1 aromatic carbocycles. The maximum atomic E-state index is 12.9. The van der Waals surface area contributed by atoms with Crippen molar-refractivity contribution in [2.24, 2.45) is 5.41 Å². The quantitative estimate of drug-likeness (QED) is 0.744. The Balaban J connectivity index is 1.47. The number of furan rings is 1. The summed E-state index contributed by atoms with van der Waals surface area (Å²) in [5.74, 6) is 1.06. The van der Waals surface area contributed by atoms with E-state index in [4.69, 9.17) is 9.15 Å². The third kappa shape index (κ3) is 5.83. The van der Waals surface area contributed by atoms with E-state index in [2.05, 4.69) is 25.7 Å². The molecule has 6 heteroatoms. The van der Waals surface area contributed by atoms with E-state index in [-0.39, 0.29) is 18.3 Å². The van der Waals surface area contributed by atoms with Crippen molar-refractivity contribution >= 4 is 5.91 Å². The van der Waals surface area contributed by atoms with E-state index in [1.165, 1.54) is 12.1 Å². The van der Waals surface area contributed by atoms with E-state index in [0.717, 1.165) is 26.1 Å². The Morgan fingerprint density at radius 2 is 1.75 bits per heavy atom. The summed E-state index contributed by atoms with van der Waals surface area (Å²) in [6.07, 6.45) is 1.15. The molecule has 1 aliphatic heterocycles. The van der Waals surface area contributed by atoms with Crippen LogP contribution in [0.4, 0.5) is 4.39 Å². The van der Waals surface area contributed by atoms with Crippen molar-refractivity contribution in [1.29, 1.82) is 0 Å². The van der Waals surface area contributed by atoms with Gasteiger partial charge in [0, 0.05) is 26.2 Å². The zero-order valence-corrected chi connectivity index (χ0v) is 16.9. The summed E-state index contributed by atoms with van der Waals surface area (Å²) in [7, 11) is 0. The predicted molar refractivity (Wildman–Crippen MR) is 106 cm³/mol. The first kappa shape index (κ1) is 20.4. The van der Waals surface area contributed by atoms with Gasteiger partial charge in [0.05, 0.1) is 0 Å². The van der Waals surface area contributed by atoms with Crippen LogP contribution >= 0.6 is 0 Å². The lowest BCUT2D eigenvalue weighted by Gasteiger charge is -2.35. The average molecular weight is 388 g/mol. The van der Waals surface area contributed by atoms with Crippen LogP contribution in [0.3, 0.4) is 0 Å². The van der Waals surface area contributed by atoms with Gasteiger partial charge >= 0.3 is 0 Å². The summed E-state index contributed by atoms with van der Waals surface area (Å²) in [5.41, 5.74) is 0.327. The molecule has 0 unspecified atom stereocenters. The minimum atomic E-state index is -0.309. The number of hydrogen-bond acceptors (Lipinski definition) is 4. The Bertz CT molecular complexity index is 772. The number of amides is 1. The van der Waals surface area contributed by atoms with Crippen LogP contribution in [0, 0.1) is 11.2 Å². The molecule has 0 N–H and O–H groups in total. The number of rotatable bonds is 6. The van der Waals surface area contributed by atoms with Crippen LogP contribution in [0.25, 0.3) is 0 Å².